The summed E-state index contributed by atoms with van der Waals surface area (Å²) in [5.41, 5.74) is 4.77. The summed E-state index contributed by atoms with van der Waals surface area (Å²) < 4.78 is 31.6. The predicted molar refractivity (Wildman–Crippen MR) is 125 cm³/mol. The first-order chi connectivity index (χ1) is 16.2. The molecule has 0 saturated carbocycles. The van der Waals surface area contributed by atoms with Crippen LogP contribution in [0.25, 0.3) is 11.1 Å². The Morgan fingerprint density at radius 2 is 1.85 bits per heavy atom. The molecular formula is C25H27F2N5O2. The average molecular weight is 468 g/mol. The number of anilines is 2. The zero-order valence-electron chi connectivity index (χ0n) is 19.5. The highest BCUT2D eigenvalue weighted by atomic mass is 19.3. The number of hydrogen-bond acceptors (Lipinski definition) is 4. The molecule has 3 aromatic rings. The molecule has 7 nitrogen and oxygen atoms in total. The molecule has 2 aliphatic heterocycles. The minimum absolute atomic E-state index is 0.00567. The molecule has 0 radical (unpaired) electrons. The van der Waals surface area contributed by atoms with Crippen LogP contribution >= 0.6 is 0 Å². The lowest BCUT2D eigenvalue weighted by atomic mass is 9.92. The van der Waals surface area contributed by atoms with Crippen molar-refractivity contribution < 1.29 is 13.6 Å². The third-order valence-electron chi connectivity index (χ3n) is 6.95. The van der Waals surface area contributed by atoms with Crippen LogP contribution in [0.1, 0.15) is 42.2 Å². The lowest BCUT2D eigenvalue weighted by Gasteiger charge is -2.34. The molecule has 0 spiro atoms. The summed E-state index contributed by atoms with van der Waals surface area (Å²) in [6.07, 6.45) is 2.81. The molecule has 34 heavy (non-hydrogen) atoms. The SMILES string of the molecule is CC(=O)N1CCc2c(cc(N3CCCc4cc(-c5cnn(C)c5)c(C(F)F)cc43)c(=O)n2C)C1. The molecule has 0 aliphatic carbocycles. The molecule has 0 fully saturated rings. The molecule has 9 heteroatoms. The van der Waals surface area contributed by atoms with Crippen LogP contribution in [-0.2, 0) is 38.3 Å². The maximum atomic E-state index is 14.2. The summed E-state index contributed by atoms with van der Waals surface area (Å²) in [5.74, 6) is -0.00567. The highest BCUT2D eigenvalue weighted by Gasteiger charge is 2.28. The number of aryl methyl sites for hydroxylation is 2. The van der Waals surface area contributed by atoms with Crippen molar-refractivity contribution in [3.8, 4) is 11.1 Å². The van der Waals surface area contributed by atoms with Crippen LogP contribution in [0.2, 0.25) is 0 Å². The van der Waals surface area contributed by atoms with E-state index in [4.69, 9.17) is 0 Å². The van der Waals surface area contributed by atoms with Crippen molar-refractivity contribution in [2.45, 2.75) is 39.2 Å². The van der Waals surface area contributed by atoms with Crippen LogP contribution in [0.4, 0.5) is 20.2 Å². The van der Waals surface area contributed by atoms with Gasteiger partial charge in [0, 0.05) is 75.8 Å². The van der Waals surface area contributed by atoms with Gasteiger partial charge in [0.15, 0.2) is 0 Å². The van der Waals surface area contributed by atoms with Crippen LogP contribution in [0.3, 0.4) is 0 Å². The molecule has 2 aromatic heterocycles. The maximum Gasteiger partial charge on any atom is 0.274 e. The standard InChI is InChI=1S/C25H27F2N5O2/c1-15(33)31-8-6-21-17(14-31)10-23(25(34)30(21)3)32-7-4-5-16-9-19(18-12-28-29(2)13-18)20(24(26)27)11-22(16)32/h9-13,24H,4-8,14H2,1-3H3. The van der Waals surface area contributed by atoms with E-state index in [1.54, 1.807) is 47.6 Å². The van der Waals surface area contributed by atoms with Crippen LogP contribution in [0.5, 0.6) is 0 Å². The van der Waals surface area contributed by atoms with Crippen LogP contribution in [0, 0.1) is 0 Å². The summed E-state index contributed by atoms with van der Waals surface area (Å²) in [5, 5.41) is 4.14. The fraction of sp³-hybridized carbons (Fsp3) is 0.400. The van der Waals surface area contributed by atoms with Gasteiger partial charge in [0.25, 0.3) is 12.0 Å². The normalized spacial score (nSPS) is 15.5. The predicted octanol–water partition coefficient (Wildman–Crippen LogP) is 3.71. The van der Waals surface area contributed by atoms with Gasteiger partial charge in [0.2, 0.25) is 5.91 Å². The molecule has 0 N–H and O–H groups in total. The number of amides is 1. The first kappa shape index (κ1) is 22.3. The number of aromatic nitrogens is 3. The number of carbonyl (C=O) groups excluding carboxylic acids is 1. The molecule has 0 bridgehead atoms. The monoisotopic (exact) mass is 467 g/mol. The first-order valence-electron chi connectivity index (χ1n) is 11.4. The van der Waals surface area contributed by atoms with Crippen molar-refractivity contribution in [3.05, 3.63) is 63.3 Å². The van der Waals surface area contributed by atoms with E-state index in [9.17, 15) is 18.4 Å². The second-order valence-electron chi connectivity index (χ2n) is 9.08. The van der Waals surface area contributed by atoms with Gasteiger partial charge < -0.3 is 14.4 Å². The van der Waals surface area contributed by atoms with Crippen LogP contribution in [-0.4, -0.2) is 38.2 Å². The number of carbonyl (C=O) groups is 1. The number of fused-ring (bicyclic) bond motifs is 2. The number of pyridine rings is 1. The van der Waals surface area contributed by atoms with Gasteiger partial charge >= 0.3 is 0 Å². The van der Waals surface area contributed by atoms with E-state index in [-0.39, 0.29) is 17.0 Å². The number of nitrogens with zero attached hydrogens (tertiary/aromatic N) is 5. The Bertz CT molecular complexity index is 1340. The Labute approximate surface area is 196 Å². The average Bonchev–Trinajstić information content (AvgIpc) is 3.25. The summed E-state index contributed by atoms with van der Waals surface area (Å²) in [6.45, 7) is 3.12. The van der Waals surface area contributed by atoms with Crippen molar-refractivity contribution in [2.75, 3.05) is 18.0 Å². The molecule has 0 atom stereocenters. The largest absolute Gasteiger partial charge is 0.338 e. The molecular weight excluding hydrogens is 440 g/mol. The van der Waals surface area contributed by atoms with E-state index in [1.165, 1.54) is 6.07 Å². The van der Waals surface area contributed by atoms with Gasteiger partial charge in [-0.2, -0.15) is 5.10 Å². The lowest BCUT2D eigenvalue weighted by molar-refractivity contribution is -0.129. The number of alkyl halides is 2. The van der Waals surface area contributed by atoms with Crippen molar-refractivity contribution in [2.24, 2.45) is 14.1 Å². The van der Waals surface area contributed by atoms with Crippen molar-refractivity contribution >= 4 is 17.3 Å². The Balaban J connectivity index is 1.64. The highest BCUT2D eigenvalue weighted by molar-refractivity contribution is 5.77. The van der Waals surface area contributed by atoms with Gasteiger partial charge in [-0.05, 0) is 47.7 Å². The number of benzene rings is 1. The molecule has 1 aromatic carbocycles. The second kappa shape index (κ2) is 8.38. The van der Waals surface area contributed by atoms with Gasteiger partial charge in [-0.15, -0.1) is 0 Å². The molecule has 0 unspecified atom stereocenters. The van der Waals surface area contributed by atoms with Gasteiger partial charge in [0.05, 0.1) is 6.20 Å². The molecule has 4 heterocycles. The smallest absolute Gasteiger partial charge is 0.274 e. The van der Waals surface area contributed by atoms with Gasteiger partial charge in [-0.25, -0.2) is 8.78 Å². The van der Waals surface area contributed by atoms with Gasteiger partial charge in [-0.1, -0.05) is 0 Å². The molecule has 1 amide bonds. The molecule has 178 valence electrons. The Hall–Kier alpha value is -3.49. The Morgan fingerprint density at radius 3 is 2.53 bits per heavy atom. The highest BCUT2D eigenvalue weighted by Crippen LogP contribution is 2.41. The minimum atomic E-state index is -2.67. The molecule has 0 saturated heterocycles. The van der Waals surface area contributed by atoms with E-state index in [0.717, 1.165) is 29.7 Å². The van der Waals surface area contributed by atoms with Gasteiger partial charge in [-0.3, -0.25) is 14.3 Å². The van der Waals surface area contributed by atoms with E-state index in [2.05, 4.69) is 5.10 Å². The summed E-state index contributed by atoms with van der Waals surface area (Å²) >= 11 is 0. The molecule has 5 rings (SSSR count). The van der Waals surface area contributed by atoms with Gasteiger partial charge in [0.1, 0.15) is 5.69 Å². The number of rotatable bonds is 3. The van der Waals surface area contributed by atoms with Crippen LogP contribution < -0.4 is 10.5 Å². The summed E-state index contributed by atoms with van der Waals surface area (Å²) in [7, 11) is 3.50. The Kier molecular flexibility index (Phi) is 5.50. The lowest BCUT2D eigenvalue weighted by Crippen LogP contribution is -2.39. The van der Waals surface area contributed by atoms with Crippen molar-refractivity contribution in [1.29, 1.82) is 0 Å². The third-order valence-corrected chi connectivity index (χ3v) is 6.95. The fourth-order valence-electron chi connectivity index (χ4n) is 5.16. The Morgan fingerprint density at radius 1 is 1.06 bits per heavy atom. The number of hydrogen-bond donors (Lipinski definition) is 0. The van der Waals surface area contributed by atoms with Crippen LogP contribution in [0.15, 0.2) is 35.4 Å². The second-order valence-corrected chi connectivity index (χ2v) is 9.08. The zero-order chi connectivity index (χ0) is 24.1. The summed E-state index contributed by atoms with van der Waals surface area (Å²) in [6, 6.07) is 5.20. The van der Waals surface area contributed by atoms with E-state index in [1.807, 2.05) is 17.0 Å². The topological polar surface area (TPSA) is 63.4 Å². The quantitative estimate of drug-likeness (QED) is 0.589. The van der Waals surface area contributed by atoms with Crippen molar-refractivity contribution in [1.82, 2.24) is 19.2 Å². The molecule has 2 aliphatic rings. The third kappa shape index (κ3) is 3.69. The first-order valence-corrected chi connectivity index (χ1v) is 11.4. The maximum absolute atomic E-state index is 14.2. The van der Waals surface area contributed by atoms with E-state index < -0.39 is 6.43 Å². The zero-order valence-corrected chi connectivity index (χ0v) is 19.5. The fourth-order valence-corrected chi connectivity index (χ4v) is 5.16. The minimum Gasteiger partial charge on any atom is -0.338 e. The van der Waals surface area contributed by atoms with E-state index >= 15 is 0 Å². The summed E-state index contributed by atoms with van der Waals surface area (Å²) in [4.78, 5) is 28.9. The van der Waals surface area contributed by atoms with Crippen molar-refractivity contribution in [3.63, 3.8) is 0 Å². The number of halogens is 2. The van der Waals surface area contributed by atoms with E-state index in [0.29, 0.717) is 48.6 Å².